The number of non-ortho nitro benzene ring substituents is 1. The molecule has 0 fully saturated rings. The molecule has 0 unspecified atom stereocenters. The van der Waals surface area contributed by atoms with Gasteiger partial charge in [-0.05, 0) is 45.0 Å². The second-order valence-electron chi connectivity index (χ2n) is 8.45. The molecule has 0 radical (unpaired) electrons. The highest BCUT2D eigenvalue weighted by Crippen LogP contribution is 2.33. The molecule has 0 aliphatic heterocycles. The lowest BCUT2D eigenvalue weighted by atomic mass is 10.2. The third kappa shape index (κ3) is 4.94. The van der Waals surface area contributed by atoms with Crippen LogP contribution in [-0.4, -0.2) is 35.2 Å². The monoisotopic (exact) mass is 513 g/mol. The molecule has 11 heteroatoms. The number of nitrogens with one attached hydrogen (secondary N) is 1. The SMILES string of the molecule is CCn1cc(-c2ccnc3c(C(=O)Nc4cc(Sc5ccc(C)cc5)cc([N+](=O)[O-])c4)cnn23)c(C)n1. The fraction of sp³-hybridized carbons (Fsp3) is 0.154. The second-order valence-corrected chi connectivity index (χ2v) is 9.60. The lowest BCUT2D eigenvalue weighted by molar-refractivity contribution is -0.385. The molecule has 0 aliphatic rings. The highest BCUT2D eigenvalue weighted by molar-refractivity contribution is 7.99. The van der Waals surface area contributed by atoms with Crippen LogP contribution in [0.1, 0.15) is 28.5 Å². The van der Waals surface area contributed by atoms with Crippen molar-refractivity contribution in [1.82, 2.24) is 24.4 Å². The van der Waals surface area contributed by atoms with Gasteiger partial charge in [-0.2, -0.15) is 10.2 Å². The quantitative estimate of drug-likeness (QED) is 0.224. The Hall–Kier alpha value is -4.51. The van der Waals surface area contributed by atoms with Crippen molar-refractivity contribution in [3.8, 4) is 11.3 Å². The Labute approximate surface area is 216 Å². The van der Waals surface area contributed by atoms with Gasteiger partial charge in [0, 0.05) is 52.1 Å². The normalized spacial score (nSPS) is 11.1. The molecule has 37 heavy (non-hydrogen) atoms. The van der Waals surface area contributed by atoms with Crippen molar-refractivity contribution in [1.29, 1.82) is 0 Å². The third-order valence-corrected chi connectivity index (χ3v) is 6.79. The van der Waals surface area contributed by atoms with Gasteiger partial charge in [0.25, 0.3) is 11.6 Å². The van der Waals surface area contributed by atoms with Crippen molar-refractivity contribution in [3.05, 3.63) is 94.1 Å². The average Bonchev–Trinajstić information content (AvgIpc) is 3.48. The van der Waals surface area contributed by atoms with E-state index >= 15 is 0 Å². The first kappa shape index (κ1) is 24.2. The van der Waals surface area contributed by atoms with Gasteiger partial charge in [0.05, 0.1) is 22.5 Å². The maximum absolute atomic E-state index is 13.2. The summed E-state index contributed by atoms with van der Waals surface area (Å²) < 4.78 is 3.44. The number of rotatable bonds is 7. The maximum Gasteiger partial charge on any atom is 0.272 e. The molecule has 1 amide bonds. The lowest BCUT2D eigenvalue weighted by Gasteiger charge is -2.08. The first-order valence-corrected chi connectivity index (χ1v) is 12.4. The molecule has 0 saturated carbocycles. The van der Waals surface area contributed by atoms with Crippen LogP contribution in [0.4, 0.5) is 11.4 Å². The molecule has 0 aliphatic carbocycles. The molecule has 0 spiro atoms. The van der Waals surface area contributed by atoms with Crippen molar-refractivity contribution in [3.63, 3.8) is 0 Å². The Morgan fingerprint density at radius 1 is 1.11 bits per heavy atom. The molecule has 3 heterocycles. The topological polar surface area (TPSA) is 120 Å². The van der Waals surface area contributed by atoms with Crippen molar-refractivity contribution in [2.75, 3.05) is 5.32 Å². The number of carbonyl (C=O) groups is 1. The van der Waals surface area contributed by atoms with E-state index in [1.807, 2.05) is 62.0 Å². The van der Waals surface area contributed by atoms with Gasteiger partial charge in [-0.1, -0.05) is 29.5 Å². The van der Waals surface area contributed by atoms with Crippen molar-refractivity contribution >= 4 is 34.7 Å². The molecule has 0 saturated heterocycles. The first-order valence-electron chi connectivity index (χ1n) is 11.5. The van der Waals surface area contributed by atoms with Crippen LogP contribution in [0.5, 0.6) is 0 Å². The van der Waals surface area contributed by atoms with Gasteiger partial charge in [-0.25, -0.2) is 9.50 Å². The average molecular weight is 514 g/mol. The Balaban J connectivity index is 1.46. The van der Waals surface area contributed by atoms with E-state index in [0.717, 1.165) is 34.0 Å². The number of anilines is 1. The van der Waals surface area contributed by atoms with E-state index < -0.39 is 10.8 Å². The zero-order valence-electron chi connectivity index (χ0n) is 20.4. The Bertz CT molecular complexity index is 1640. The number of benzene rings is 2. The predicted molar refractivity (Wildman–Crippen MR) is 141 cm³/mol. The largest absolute Gasteiger partial charge is 0.322 e. The second kappa shape index (κ2) is 9.86. The zero-order chi connectivity index (χ0) is 26.1. The fourth-order valence-corrected chi connectivity index (χ4v) is 4.86. The molecule has 3 aromatic heterocycles. The van der Waals surface area contributed by atoms with Crippen LogP contribution in [0.25, 0.3) is 16.9 Å². The van der Waals surface area contributed by atoms with Crippen molar-refractivity contribution < 1.29 is 9.72 Å². The number of nitro groups is 1. The number of nitro benzene ring substituents is 1. The van der Waals surface area contributed by atoms with Gasteiger partial charge in [0.15, 0.2) is 5.65 Å². The molecule has 5 aromatic rings. The van der Waals surface area contributed by atoms with Gasteiger partial charge in [0.1, 0.15) is 5.56 Å². The van der Waals surface area contributed by atoms with Crippen molar-refractivity contribution in [2.24, 2.45) is 0 Å². The minimum Gasteiger partial charge on any atom is -0.322 e. The van der Waals surface area contributed by atoms with E-state index in [1.54, 1.807) is 16.8 Å². The molecule has 0 atom stereocenters. The minimum absolute atomic E-state index is 0.115. The molecule has 1 N–H and O–H groups in total. The van der Waals surface area contributed by atoms with E-state index in [2.05, 4.69) is 20.5 Å². The first-order chi connectivity index (χ1) is 17.8. The summed E-state index contributed by atoms with van der Waals surface area (Å²) in [5, 5.41) is 23.3. The van der Waals surface area contributed by atoms with Gasteiger partial charge in [-0.3, -0.25) is 19.6 Å². The summed E-state index contributed by atoms with van der Waals surface area (Å²) in [6, 6.07) is 14.2. The van der Waals surface area contributed by atoms with Crippen LogP contribution in [-0.2, 0) is 6.54 Å². The predicted octanol–water partition coefficient (Wildman–Crippen LogP) is 5.54. The molecule has 2 aromatic carbocycles. The molecule has 186 valence electrons. The smallest absolute Gasteiger partial charge is 0.272 e. The summed E-state index contributed by atoms with van der Waals surface area (Å²) in [5.74, 6) is -0.465. The molecule has 0 bridgehead atoms. The summed E-state index contributed by atoms with van der Waals surface area (Å²) in [4.78, 5) is 30.3. The van der Waals surface area contributed by atoms with Crippen LogP contribution in [0, 0.1) is 24.0 Å². The minimum atomic E-state index is -0.475. The maximum atomic E-state index is 13.2. The summed E-state index contributed by atoms with van der Waals surface area (Å²) in [5.41, 5.74) is 4.43. The lowest BCUT2D eigenvalue weighted by Crippen LogP contribution is -2.12. The van der Waals surface area contributed by atoms with Crippen LogP contribution in [0.15, 0.2) is 76.9 Å². The fourth-order valence-electron chi connectivity index (χ4n) is 3.95. The zero-order valence-corrected chi connectivity index (χ0v) is 21.2. The van der Waals surface area contributed by atoms with E-state index in [4.69, 9.17) is 0 Å². The molecule has 5 rings (SSSR count). The van der Waals surface area contributed by atoms with Gasteiger partial charge in [0.2, 0.25) is 0 Å². The van der Waals surface area contributed by atoms with E-state index in [-0.39, 0.29) is 11.3 Å². The van der Waals surface area contributed by atoms with Gasteiger partial charge in [-0.15, -0.1) is 0 Å². The number of amides is 1. The van der Waals surface area contributed by atoms with E-state index in [0.29, 0.717) is 16.2 Å². The van der Waals surface area contributed by atoms with Crippen LogP contribution >= 0.6 is 11.8 Å². The van der Waals surface area contributed by atoms with Gasteiger partial charge >= 0.3 is 0 Å². The Morgan fingerprint density at radius 2 is 1.89 bits per heavy atom. The molecule has 10 nitrogen and oxygen atoms in total. The number of aryl methyl sites for hydroxylation is 3. The number of carbonyl (C=O) groups excluding carboxylic acids is 1. The number of nitrogens with zero attached hydrogens (tertiary/aromatic N) is 6. The number of hydrogen-bond acceptors (Lipinski definition) is 7. The number of fused-ring (bicyclic) bond motifs is 1. The standard InChI is InChI=1S/C26H23N7O3S/c1-4-31-15-23(17(3)30-31)24-9-10-27-25-22(14-28-32(24)25)26(34)29-18-11-19(33(35)36)13-21(12-18)37-20-7-5-16(2)6-8-20/h5-15H,4H2,1-3H3,(H,29,34). The van der Waals surface area contributed by atoms with Crippen molar-refractivity contribution in [2.45, 2.75) is 37.1 Å². The third-order valence-electron chi connectivity index (χ3n) is 5.81. The number of aromatic nitrogens is 5. The molecular formula is C26H23N7O3S. The van der Waals surface area contributed by atoms with E-state index in [9.17, 15) is 14.9 Å². The summed E-state index contributed by atoms with van der Waals surface area (Å²) in [6.45, 7) is 6.65. The number of hydrogen-bond donors (Lipinski definition) is 1. The highest BCUT2D eigenvalue weighted by atomic mass is 32.2. The summed E-state index contributed by atoms with van der Waals surface area (Å²) in [6.07, 6.45) is 5.00. The molecular weight excluding hydrogens is 490 g/mol. The van der Waals surface area contributed by atoms with Crippen LogP contribution < -0.4 is 5.32 Å². The highest BCUT2D eigenvalue weighted by Gasteiger charge is 2.20. The van der Waals surface area contributed by atoms with Crippen LogP contribution in [0.3, 0.4) is 0 Å². The Kier molecular flexibility index (Phi) is 6.45. The van der Waals surface area contributed by atoms with Crippen LogP contribution in [0.2, 0.25) is 0 Å². The van der Waals surface area contributed by atoms with Gasteiger partial charge < -0.3 is 5.32 Å². The summed E-state index contributed by atoms with van der Waals surface area (Å²) in [7, 11) is 0. The van der Waals surface area contributed by atoms with E-state index in [1.165, 1.54) is 30.1 Å². The summed E-state index contributed by atoms with van der Waals surface area (Å²) >= 11 is 1.38. The Morgan fingerprint density at radius 3 is 2.59 bits per heavy atom.